The normalized spacial score (nSPS) is 13.0. The Hall–Kier alpha value is -1.82. The van der Waals surface area contributed by atoms with Gasteiger partial charge in [-0.25, -0.2) is 4.79 Å². The minimum Gasteiger partial charge on any atom is -0.480 e. The molecule has 0 spiro atoms. The highest BCUT2D eigenvalue weighted by molar-refractivity contribution is 5.94. The molecule has 1 rings (SSSR count). The van der Waals surface area contributed by atoms with Crippen LogP contribution in [0.5, 0.6) is 0 Å². The number of carbonyl (C=O) groups is 2. The van der Waals surface area contributed by atoms with E-state index in [0.29, 0.717) is 18.6 Å². The molecule has 1 heterocycles. The van der Waals surface area contributed by atoms with Gasteiger partial charge in [0, 0.05) is 7.11 Å². The largest absolute Gasteiger partial charge is 0.480 e. The van der Waals surface area contributed by atoms with Crippen molar-refractivity contribution in [3.8, 4) is 0 Å². The number of ether oxygens (including phenoxy) is 1. The number of methoxy groups -OCH3 is 1. The van der Waals surface area contributed by atoms with Gasteiger partial charge in [-0.1, -0.05) is 20.8 Å². The number of carboxylic acid groups (broad SMARTS) is 1. The third kappa shape index (κ3) is 5.99. The molecule has 1 aromatic heterocycles. The van der Waals surface area contributed by atoms with Crippen molar-refractivity contribution in [2.45, 2.75) is 46.3 Å². The maximum Gasteiger partial charge on any atom is 0.326 e. The summed E-state index contributed by atoms with van der Waals surface area (Å²) < 4.78 is 10.2. The number of furan rings is 1. The molecule has 0 radical (unpaired) electrons. The highest BCUT2D eigenvalue weighted by Crippen LogP contribution is 2.22. The second-order valence-corrected chi connectivity index (χ2v) is 6.16. The minimum atomic E-state index is -1.05. The number of carbonyl (C=O) groups excluding carboxylic acids is 1. The van der Waals surface area contributed by atoms with E-state index in [0.717, 1.165) is 0 Å². The zero-order valence-corrected chi connectivity index (χ0v) is 12.9. The van der Waals surface area contributed by atoms with E-state index in [1.54, 1.807) is 6.07 Å². The zero-order chi connectivity index (χ0) is 16.0. The van der Waals surface area contributed by atoms with E-state index in [1.165, 1.54) is 13.2 Å². The van der Waals surface area contributed by atoms with E-state index < -0.39 is 17.9 Å². The summed E-state index contributed by atoms with van der Waals surface area (Å²) in [7, 11) is 1.52. The molecule has 0 aliphatic rings. The molecule has 1 unspecified atom stereocenters. The number of hydrogen-bond acceptors (Lipinski definition) is 4. The minimum absolute atomic E-state index is 0.00867. The summed E-state index contributed by atoms with van der Waals surface area (Å²) in [6.45, 7) is 6.34. The molecule has 21 heavy (non-hydrogen) atoms. The van der Waals surface area contributed by atoms with Gasteiger partial charge in [-0.3, -0.25) is 4.79 Å². The van der Waals surface area contributed by atoms with Crippen molar-refractivity contribution in [1.82, 2.24) is 5.32 Å². The number of aliphatic carboxylic acids is 1. The van der Waals surface area contributed by atoms with Gasteiger partial charge in [-0.05, 0) is 30.4 Å². The van der Waals surface area contributed by atoms with Crippen molar-refractivity contribution in [2.75, 3.05) is 7.11 Å². The van der Waals surface area contributed by atoms with E-state index in [2.05, 4.69) is 5.32 Å². The van der Waals surface area contributed by atoms with Crippen molar-refractivity contribution in [1.29, 1.82) is 0 Å². The molecule has 0 aliphatic heterocycles. The molecule has 6 heteroatoms. The summed E-state index contributed by atoms with van der Waals surface area (Å²) in [4.78, 5) is 23.2. The molecule has 0 saturated heterocycles. The van der Waals surface area contributed by atoms with Crippen molar-refractivity contribution >= 4 is 11.9 Å². The number of carboxylic acids is 1. The van der Waals surface area contributed by atoms with Gasteiger partial charge in [-0.2, -0.15) is 0 Å². The smallest absolute Gasteiger partial charge is 0.326 e. The average molecular weight is 297 g/mol. The van der Waals surface area contributed by atoms with Crippen LogP contribution in [0.25, 0.3) is 0 Å². The Kier molecular flexibility index (Phi) is 5.96. The SMILES string of the molecule is COCc1ccc(C(=O)NC(CCC(C)(C)C)C(=O)O)o1. The van der Waals surface area contributed by atoms with Crippen LogP contribution in [0.1, 0.15) is 49.9 Å². The molecule has 0 saturated carbocycles. The quantitative estimate of drug-likeness (QED) is 0.807. The molecular formula is C15H23NO5. The first-order chi connectivity index (χ1) is 9.73. The lowest BCUT2D eigenvalue weighted by molar-refractivity contribution is -0.139. The van der Waals surface area contributed by atoms with E-state index in [4.69, 9.17) is 9.15 Å². The lowest BCUT2D eigenvalue weighted by atomic mass is 9.88. The van der Waals surface area contributed by atoms with Crippen LogP contribution in [-0.4, -0.2) is 30.1 Å². The van der Waals surface area contributed by atoms with Crippen LogP contribution in [-0.2, 0) is 16.1 Å². The van der Waals surface area contributed by atoms with Gasteiger partial charge in [-0.15, -0.1) is 0 Å². The van der Waals surface area contributed by atoms with Gasteiger partial charge in [0.05, 0.1) is 0 Å². The predicted molar refractivity (Wildman–Crippen MR) is 77.0 cm³/mol. The summed E-state index contributed by atoms with van der Waals surface area (Å²) in [5.41, 5.74) is 0.00867. The molecule has 0 bridgehead atoms. The van der Waals surface area contributed by atoms with E-state index in [1.807, 2.05) is 20.8 Å². The summed E-state index contributed by atoms with van der Waals surface area (Å²) >= 11 is 0. The van der Waals surface area contributed by atoms with Crippen LogP contribution in [0.2, 0.25) is 0 Å². The topological polar surface area (TPSA) is 88.8 Å². The highest BCUT2D eigenvalue weighted by atomic mass is 16.5. The molecule has 1 aromatic rings. The summed E-state index contributed by atoms with van der Waals surface area (Å²) in [6.07, 6.45) is 1.06. The van der Waals surface area contributed by atoms with Crippen LogP contribution in [0.3, 0.4) is 0 Å². The Morgan fingerprint density at radius 2 is 2.05 bits per heavy atom. The average Bonchev–Trinajstić information content (AvgIpc) is 2.81. The highest BCUT2D eigenvalue weighted by Gasteiger charge is 2.24. The first-order valence-electron chi connectivity index (χ1n) is 6.84. The molecule has 0 aliphatic carbocycles. The molecular weight excluding hydrogens is 274 g/mol. The van der Waals surface area contributed by atoms with E-state index in [9.17, 15) is 14.7 Å². The van der Waals surface area contributed by atoms with Crippen LogP contribution in [0, 0.1) is 5.41 Å². The fourth-order valence-corrected chi connectivity index (χ4v) is 1.78. The van der Waals surface area contributed by atoms with Crippen molar-refractivity contribution in [3.05, 3.63) is 23.7 Å². The van der Waals surface area contributed by atoms with Crippen molar-refractivity contribution in [3.63, 3.8) is 0 Å². The third-order valence-electron chi connectivity index (χ3n) is 2.96. The zero-order valence-electron chi connectivity index (χ0n) is 12.9. The van der Waals surface area contributed by atoms with E-state index >= 15 is 0 Å². The molecule has 6 nitrogen and oxygen atoms in total. The molecule has 1 atom stereocenters. The van der Waals surface area contributed by atoms with Gasteiger partial charge in [0.25, 0.3) is 5.91 Å². The van der Waals surface area contributed by atoms with Crippen LogP contribution < -0.4 is 5.32 Å². The molecule has 0 aromatic carbocycles. The standard InChI is InChI=1S/C15H23NO5/c1-15(2,3)8-7-11(14(18)19)16-13(17)12-6-5-10(21-12)9-20-4/h5-6,11H,7-9H2,1-4H3,(H,16,17)(H,18,19). The second kappa shape index (κ2) is 7.26. The molecule has 0 fully saturated rings. The fraction of sp³-hybridized carbons (Fsp3) is 0.600. The molecule has 2 N–H and O–H groups in total. The van der Waals surface area contributed by atoms with Gasteiger partial charge in [0.1, 0.15) is 18.4 Å². The maximum atomic E-state index is 12.0. The Bertz CT molecular complexity index is 486. The second-order valence-electron chi connectivity index (χ2n) is 6.16. The van der Waals surface area contributed by atoms with Crippen molar-refractivity contribution < 1.29 is 23.8 Å². The Balaban J connectivity index is 2.65. The number of nitrogens with one attached hydrogen (secondary N) is 1. The molecule has 1 amide bonds. The summed E-state index contributed by atoms with van der Waals surface area (Å²) in [5.74, 6) is -0.969. The molecule has 118 valence electrons. The lowest BCUT2D eigenvalue weighted by Crippen LogP contribution is -2.41. The van der Waals surface area contributed by atoms with E-state index in [-0.39, 0.29) is 17.8 Å². The Morgan fingerprint density at radius 1 is 1.38 bits per heavy atom. The number of hydrogen-bond donors (Lipinski definition) is 2. The van der Waals surface area contributed by atoms with Crippen molar-refractivity contribution in [2.24, 2.45) is 5.41 Å². The number of amides is 1. The van der Waals surface area contributed by atoms with Gasteiger partial charge < -0.3 is 19.6 Å². The summed E-state index contributed by atoms with van der Waals surface area (Å²) in [5, 5.41) is 11.7. The third-order valence-corrected chi connectivity index (χ3v) is 2.96. The monoisotopic (exact) mass is 297 g/mol. The fourth-order valence-electron chi connectivity index (χ4n) is 1.78. The van der Waals surface area contributed by atoms with Crippen LogP contribution in [0.4, 0.5) is 0 Å². The summed E-state index contributed by atoms with van der Waals surface area (Å²) in [6, 6.07) is 2.21. The van der Waals surface area contributed by atoms with Gasteiger partial charge in [0.2, 0.25) is 0 Å². The van der Waals surface area contributed by atoms with Gasteiger partial charge >= 0.3 is 5.97 Å². The predicted octanol–water partition coefficient (Wildman–Crippen LogP) is 2.44. The van der Waals surface area contributed by atoms with Crippen LogP contribution in [0.15, 0.2) is 16.5 Å². The lowest BCUT2D eigenvalue weighted by Gasteiger charge is -2.21. The maximum absolute atomic E-state index is 12.0. The number of rotatable bonds is 7. The Morgan fingerprint density at radius 3 is 2.57 bits per heavy atom. The Labute approximate surface area is 124 Å². The first-order valence-corrected chi connectivity index (χ1v) is 6.84. The first kappa shape index (κ1) is 17.2. The van der Waals surface area contributed by atoms with Gasteiger partial charge in [0.15, 0.2) is 5.76 Å². The van der Waals surface area contributed by atoms with Crippen LogP contribution >= 0.6 is 0 Å².